The fourth-order valence-electron chi connectivity index (χ4n) is 5.24. The molecule has 2 rings (SSSR count). The predicted octanol–water partition coefficient (Wildman–Crippen LogP) is -1.72. The Morgan fingerprint density at radius 3 is 1.02 bits per heavy atom. The third-order valence-electron chi connectivity index (χ3n) is 7.95. The maximum Gasteiger partial charge on any atom is 0.222 e. The fourth-order valence-corrected chi connectivity index (χ4v) is 5.24. The van der Waals surface area contributed by atoms with Crippen LogP contribution in [0.1, 0.15) is 89.9 Å². The number of carbonyl (C=O) groups excluding carboxylic acids is 2. The average molecular weight is 609 g/mol. The van der Waals surface area contributed by atoms with Gasteiger partial charge >= 0.3 is 0 Å². The van der Waals surface area contributed by atoms with Crippen LogP contribution in [0.15, 0.2) is 0 Å². The minimum Gasteiger partial charge on any atom is -0.394 e. The molecule has 0 radical (unpaired) electrons. The zero-order valence-corrected chi connectivity index (χ0v) is 24.3. The summed E-state index contributed by atoms with van der Waals surface area (Å²) < 4.78 is 10.6. The summed E-state index contributed by atoms with van der Waals surface area (Å²) in [6.07, 6.45) is -1.01. The Bertz CT molecular complexity index is 711. The summed E-state index contributed by atoms with van der Waals surface area (Å²) in [5.74, 6) is -0.650. The van der Waals surface area contributed by atoms with Gasteiger partial charge in [-0.3, -0.25) is 9.59 Å². The number of rotatable bonds is 19. The lowest BCUT2D eigenvalue weighted by Crippen LogP contribution is -2.63. The summed E-state index contributed by atoms with van der Waals surface area (Å²) in [6, 6.07) is 0. The van der Waals surface area contributed by atoms with Gasteiger partial charge in [0.1, 0.15) is 48.8 Å². The first kappa shape index (κ1) is 36.7. The van der Waals surface area contributed by atoms with Crippen LogP contribution in [0.3, 0.4) is 0 Å². The Hall–Kier alpha value is -1.46. The van der Waals surface area contributed by atoms with E-state index in [1.807, 2.05) is 0 Å². The van der Waals surface area contributed by atoms with Crippen LogP contribution >= 0.6 is 0 Å². The van der Waals surface area contributed by atoms with Gasteiger partial charge in [0.2, 0.25) is 11.8 Å². The highest BCUT2D eigenvalue weighted by Gasteiger charge is 2.45. The zero-order chi connectivity index (χ0) is 31.1. The number of aliphatic hydroxyl groups is 8. The molecule has 0 bridgehead atoms. The first-order chi connectivity index (χ1) is 20.1. The second kappa shape index (κ2) is 19.7. The van der Waals surface area contributed by atoms with Crippen molar-refractivity contribution in [3.63, 3.8) is 0 Å². The average Bonchev–Trinajstić information content (AvgIpc) is 2.97. The van der Waals surface area contributed by atoms with Crippen molar-refractivity contribution in [2.45, 2.75) is 151 Å². The van der Waals surface area contributed by atoms with E-state index < -0.39 is 74.5 Å². The van der Waals surface area contributed by atoms with E-state index in [1.54, 1.807) is 0 Å². The Balaban J connectivity index is 1.39. The molecule has 42 heavy (non-hydrogen) atoms. The Morgan fingerprint density at radius 2 is 0.738 bits per heavy atom. The molecule has 0 saturated carbocycles. The van der Waals surface area contributed by atoms with Gasteiger partial charge in [-0.1, -0.05) is 64.2 Å². The molecule has 0 aromatic carbocycles. The number of nitrogens with one attached hydrogen (secondary N) is 2. The lowest BCUT2D eigenvalue weighted by molar-refractivity contribution is -0.236. The molecular formula is C28H52N2O12. The van der Waals surface area contributed by atoms with E-state index in [-0.39, 0.29) is 24.7 Å². The second-order valence-electron chi connectivity index (χ2n) is 11.4. The summed E-state index contributed by atoms with van der Waals surface area (Å²) in [6.45, 7) is -1.09. The maximum atomic E-state index is 12.1. The molecule has 2 amide bonds. The molecule has 10 atom stereocenters. The third-order valence-corrected chi connectivity index (χ3v) is 7.95. The molecule has 14 heteroatoms. The highest BCUT2D eigenvalue weighted by Crippen LogP contribution is 2.21. The molecular weight excluding hydrogens is 556 g/mol. The van der Waals surface area contributed by atoms with Gasteiger partial charge < -0.3 is 61.0 Å². The number of aliphatic hydroxyl groups excluding tert-OH is 8. The van der Waals surface area contributed by atoms with Crippen molar-refractivity contribution in [2.75, 3.05) is 13.2 Å². The van der Waals surface area contributed by atoms with E-state index >= 15 is 0 Å². The minimum absolute atomic E-state index is 0.254. The number of amides is 2. The van der Waals surface area contributed by atoms with E-state index in [2.05, 4.69) is 10.6 Å². The normalized spacial score (nSPS) is 33.3. The molecule has 14 nitrogen and oxygen atoms in total. The van der Waals surface area contributed by atoms with Crippen molar-refractivity contribution >= 4 is 11.8 Å². The highest BCUT2D eigenvalue weighted by atomic mass is 16.6. The molecule has 2 aliphatic heterocycles. The van der Waals surface area contributed by atoms with Gasteiger partial charge in [0.25, 0.3) is 0 Å². The van der Waals surface area contributed by atoms with E-state index in [1.165, 1.54) is 0 Å². The highest BCUT2D eigenvalue weighted by molar-refractivity contribution is 5.76. The Kier molecular flexibility index (Phi) is 17.3. The summed E-state index contributed by atoms with van der Waals surface area (Å²) in [5, 5.41) is 82.6. The van der Waals surface area contributed by atoms with Crippen molar-refractivity contribution < 1.29 is 59.9 Å². The molecule has 2 saturated heterocycles. The van der Waals surface area contributed by atoms with E-state index in [0.717, 1.165) is 64.2 Å². The van der Waals surface area contributed by atoms with Crippen LogP contribution < -0.4 is 10.6 Å². The van der Waals surface area contributed by atoms with Gasteiger partial charge in [0.15, 0.2) is 12.5 Å². The number of hydrogen-bond acceptors (Lipinski definition) is 12. The summed E-state index contributed by atoms with van der Waals surface area (Å²) in [5.41, 5.74) is 0. The van der Waals surface area contributed by atoms with Crippen molar-refractivity contribution in [2.24, 2.45) is 0 Å². The molecule has 246 valence electrons. The lowest BCUT2D eigenvalue weighted by Gasteiger charge is -2.40. The molecule has 0 aromatic rings. The number of hydrogen-bond donors (Lipinski definition) is 10. The van der Waals surface area contributed by atoms with Gasteiger partial charge in [-0.05, 0) is 12.8 Å². The summed E-state index contributed by atoms with van der Waals surface area (Å²) in [4.78, 5) is 24.3. The van der Waals surface area contributed by atoms with Crippen molar-refractivity contribution in [3.8, 4) is 0 Å². The smallest absolute Gasteiger partial charge is 0.222 e. The van der Waals surface area contributed by atoms with Gasteiger partial charge in [0.05, 0.1) is 13.2 Å². The molecule has 0 spiro atoms. The molecule has 2 heterocycles. The standard InChI is InChI=1S/C28H52N2O12/c31-15-17-21(35)23(37)25(39)27(41-17)29-19(33)13-11-9-7-5-3-1-2-4-6-8-10-12-14-20(34)30-28-26(40)24(38)22(36)18(16-32)42-28/h17-18,21-28,31-32,35-40H,1-16H2,(H,29,33)(H,30,34)/t17-,18-,21-,22-,23+,24+,25-,26-,27-,28-/m1/s1. The fraction of sp³-hybridized carbons (Fsp3) is 0.929. The Labute approximate surface area is 247 Å². The SMILES string of the molecule is O=C(CCCCCCCCCCCCCCC(=O)N[C@@H]1O[C@H](CO)[C@@H](O)[C@H](O)[C@H]1O)N[C@@H]1O[C@H](CO)[C@@H](O)[C@H](O)[C@H]1O. The topological polar surface area (TPSA) is 238 Å². The second-order valence-corrected chi connectivity index (χ2v) is 11.4. The first-order valence-electron chi connectivity index (χ1n) is 15.3. The van der Waals surface area contributed by atoms with Crippen molar-refractivity contribution in [3.05, 3.63) is 0 Å². The number of carbonyl (C=O) groups is 2. The molecule has 10 N–H and O–H groups in total. The van der Waals surface area contributed by atoms with Crippen molar-refractivity contribution in [1.82, 2.24) is 10.6 Å². The molecule has 2 aliphatic rings. The van der Waals surface area contributed by atoms with Gasteiger partial charge in [0, 0.05) is 12.8 Å². The molecule has 2 fully saturated rings. The zero-order valence-electron chi connectivity index (χ0n) is 24.3. The monoisotopic (exact) mass is 608 g/mol. The van der Waals surface area contributed by atoms with Crippen molar-refractivity contribution in [1.29, 1.82) is 0 Å². The maximum absolute atomic E-state index is 12.1. The van der Waals surface area contributed by atoms with Crippen LogP contribution in [0.25, 0.3) is 0 Å². The quantitative estimate of drug-likeness (QED) is 0.0737. The largest absolute Gasteiger partial charge is 0.394 e. The Morgan fingerprint density at radius 1 is 0.452 bits per heavy atom. The van der Waals surface area contributed by atoms with Gasteiger partial charge in [-0.15, -0.1) is 0 Å². The third kappa shape index (κ3) is 11.9. The number of ether oxygens (including phenoxy) is 2. The van der Waals surface area contributed by atoms with Crippen LogP contribution in [0.2, 0.25) is 0 Å². The van der Waals surface area contributed by atoms with E-state index in [9.17, 15) is 50.4 Å². The van der Waals surface area contributed by atoms with Crippen LogP contribution in [-0.2, 0) is 19.1 Å². The summed E-state index contributed by atoms with van der Waals surface area (Å²) >= 11 is 0. The lowest BCUT2D eigenvalue weighted by atomic mass is 9.98. The van der Waals surface area contributed by atoms with Crippen LogP contribution in [0.4, 0.5) is 0 Å². The van der Waals surface area contributed by atoms with Crippen LogP contribution in [0, 0.1) is 0 Å². The van der Waals surface area contributed by atoms with Crippen LogP contribution in [-0.4, -0.2) is 127 Å². The molecule has 0 aliphatic carbocycles. The van der Waals surface area contributed by atoms with Gasteiger partial charge in [-0.25, -0.2) is 0 Å². The molecule has 0 aromatic heterocycles. The predicted molar refractivity (Wildman–Crippen MR) is 148 cm³/mol. The minimum atomic E-state index is -1.52. The van der Waals surface area contributed by atoms with E-state index in [0.29, 0.717) is 12.8 Å². The van der Waals surface area contributed by atoms with E-state index in [4.69, 9.17) is 9.47 Å². The summed E-state index contributed by atoms with van der Waals surface area (Å²) in [7, 11) is 0. The van der Waals surface area contributed by atoms with Gasteiger partial charge in [-0.2, -0.15) is 0 Å². The van der Waals surface area contributed by atoms with Crippen LogP contribution in [0.5, 0.6) is 0 Å². The number of unbranched alkanes of at least 4 members (excludes halogenated alkanes) is 11. The molecule has 0 unspecified atom stereocenters. The first-order valence-corrected chi connectivity index (χ1v) is 15.3.